The second kappa shape index (κ2) is 16.2. The lowest BCUT2D eigenvalue weighted by molar-refractivity contribution is -0.144. The van der Waals surface area contributed by atoms with Crippen LogP contribution in [0.5, 0.6) is 0 Å². The maximum Gasteiger partial charge on any atom is 0.256 e. The number of nitrogens with one attached hydrogen (secondary N) is 3. The predicted octanol–water partition coefficient (Wildman–Crippen LogP) is -4.39. The van der Waals surface area contributed by atoms with Crippen LogP contribution in [0.25, 0.3) is 0 Å². The maximum atomic E-state index is 12.7. The van der Waals surface area contributed by atoms with E-state index in [-0.39, 0.29) is 27.6 Å². The van der Waals surface area contributed by atoms with Crippen molar-refractivity contribution in [3.05, 3.63) is 16.3 Å². The lowest BCUT2D eigenvalue weighted by Crippen LogP contribution is -2.50. The van der Waals surface area contributed by atoms with Crippen molar-refractivity contribution in [1.29, 1.82) is 0 Å². The fourth-order valence-electron chi connectivity index (χ4n) is 2.96. The minimum Gasteiger partial charge on any atom is -0.394 e. The minimum atomic E-state index is -2.33. The number of benzene rings is 1. The third-order valence-corrected chi connectivity index (χ3v) is 8.55. The van der Waals surface area contributed by atoms with Crippen molar-refractivity contribution in [2.75, 3.05) is 30.9 Å². The Labute approximate surface area is 261 Å². The number of halogens is 3. The highest BCUT2D eigenvalue weighted by atomic mass is 127. The van der Waals surface area contributed by atoms with Gasteiger partial charge in [-0.15, -0.1) is 0 Å². The topological polar surface area (TPSA) is 290 Å². The van der Waals surface area contributed by atoms with Gasteiger partial charge in [0.05, 0.1) is 40.9 Å². The fraction of sp³-hybridized carbons (Fsp3) is 0.550. The zero-order valence-electron chi connectivity index (χ0n) is 19.9. The van der Waals surface area contributed by atoms with E-state index in [1.807, 2.05) is 0 Å². The first kappa shape index (κ1) is 36.4. The molecule has 1 rings (SSSR count). The minimum absolute atomic E-state index is 0.0333. The van der Waals surface area contributed by atoms with E-state index in [9.17, 15) is 55.2 Å². The summed E-state index contributed by atoms with van der Waals surface area (Å²) in [5.41, 5.74) is -0.407. The lowest BCUT2D eigenvalue weighted by Gasteiger charge is -2.27. The molecule has 8 atom stereocenters. The van der Waals surface area contributed by atoms with E-state index < -0.39 is 79.8 Å². The lowest BCUT2D eigenvalue weighted by atomic mass is 10.0. The van der Waals surface area contributed by atoms with Gasteiger partial charge in [-0.2, -0.15) is 0 Å². The molecule has 1 aromatic carbocycles. The summed E-state index contributed by atoms with van der Waals surface area (Å²) < 4.78 is 0.240. The molecule has 0 saturated heterocycles. The molecule has 13 N–H and O–H groups in total. The Morgan fingerprint density at radius 2 is 0.974 bits per heavy atom. The van der Waals surface area contributed by atoms with Crippen LogP contribution in [0.4, 0.5) is 11.4 Å². The molecule has 0 fully saturated rings. The predicted molar refractivity (Wildman–Crippen MR) is 157 cm³/mol. The first-order valence-electron chi connectivity index (χ1n) is 10.8. The first-order chi connectivity index (χ1) is 18.1. The number of amides is 3. The highest BCUT2D eigenvalue weighted by molar-refractivity contribution is 14.1. The molecule has 1 aromatic rings. The largest absolute Gasteiger partial charge is 0.394 e. The van der Waals surface area contributed by atoms with E-state index in [2.05, 4.69) is 16.0 Å². The third kappa shape index (κ3) is 8.71. The second-order valence-corrected chi connectivity index (χ2v) is 11.2. The Morgan fingerprint density at radius 3 is 1.26 bits per heavy atom. The van der Waals surface area contributed by atoms with Crippen molar-refractivity contribution < 1.29 is 65.4 Å². The van der Waals surface area contributed by atoms with Crippen molar-refractivity contribution in [2.45, 2.75) is 48.8 Å². The van der Waals surface area contributed by atoms with Crippen LogP contribution < -0.4 is 16.0 Å². The smallest absolute Gasteiger partial charge is 0.256 e. The van der Waals surface area contributed by atoms with Gasteiger partial charge in [0.15, 0.2) is 12.2 Å². The van der Waals surface area contributed by atoms with Gasteiger partial charge in [-0.1, -0.05) is 0 Å². The molecule has 39 heavy (non-hydrogen) atoms. The molecule has 0 aliphatic carbocycles. The van der Waals surface area contributed by atoms with Gasteiger partial charge < -0.3 is 67.0 Å². The number of aliphatic hydroxyl groups excluding tert-OH is 10. The molecule has 3 amide bonds. The number of anilines is 2. The number of carbonyl (C=O) groups is 3. The number of rotatable bonds is 13. The normalized spacial score (nSPS) is 17.7. The van der Waals surface area contributed by atoms with E-state index in [4.69, 9.17) is 10.2 Å². The average molecular weight is 899 g/mol. The van der Waals surface area contributed by atoms with E-state index in [1.54, 1.807) is 67.8 Å². The molecule has 0 heterocycles. The standard InChI is InChI=1S/C20H28I3N3O13/c1-24-18(37)6-7(21)10(25-19(38)16(35)14(33)12(31)4(29)2-27)9(23)11(8(6)22)26-20(39)17(36)15(34)13(32)5(30)3-28/h4-5,12-17,27-36H,2-3H2,1H3,(H,24,37)(H,25,38)(H,26,39)/t4-,5-,12-,13-,14+,15+,16-,17-/m1/s1. The number of carbonyl (C=O) groups excluding carboxylic acids is 3. The molecule has 0 saturated carbocycles. The molecule has 0 unspecified atom stereocenters. The van der Waals surface area contributed by atoms with Gasteiger partial charge in [-0.3, -0.25) is 14.4 Å². The quantitative estimate of drug-likeness (QED) is 0.0835. The Balaban J connectivity index is 3.49. The Hall–Kier alpha value is -0.580. The van der Waals surface area contributed by atoms with Crippen molar-refractivity contribution in [2.24, 2.45) is 0 Å². The molecule has 0 aromatic heterocycles. The summed E-state index contributed by atoms with van der Waals surface area (Å²) in [6, 6.07) is 0. The van der Waals surface area contributed by atoms with Gasteiger partial charge in [0.2, 0.25) is 0 Å². The number of hydrogen-bond donors (Lipinski definition) is 13. The van der Waals surface area contributed by atoms with Crippen molar-refractivity contribution in [3.63, 3.8) is 0 Å². The van der Waals surface area contributed by atoms with Gasteiger partial charge in [-0.25, -0.2) is 0 Å². The van der Waals surface area contributed by atoms with Crippen LogP contribution in [0.2, 0.25) is 0 Å². The average Bonchev–Trinajstić information content (AvgIpc) is 2.93. The SMILES string of the molecule is CNC(=O)c1c(I)c(NC(=O)[C@H](O)[C@@H](O)[C@H](O)[C@H](O)CO)c(I)c(NC(=O)[C@H](O)[C@@H](O)[C@H](O)[C@H](O)CO)c1I. The van der Waals surface area contributed by atoms with Crippen molar-refractivity contribution in [3.8, 4) is 0 Å². The van der Waals surface area contributed by atoms with E-state index in [0.717, 1.165) is 0 Å². The molecule has 0 aliphatic heterocycles. The summed E-state index contributed by atoms with van der Waals surface area (Å²) in [5.74, 6) is -3.30. The van der Waals surface area contributed by atoms with Crippen LogP contribution >= 0.6 is 67.8 Å². The first-order valence-corrected chi connectivity index (χ1v) is 14.0. The van der Waals surface area contributed by atoms with Crippen LogP contribution in [0.1, 0.15) is 10.4 Å². The highest BCUT2D eigenvalue weighted by Gasteiger charge is 2.37. The second-order valence-electron chi connectivity index (χ2n) is 7.98. The van der Waals surface area contributed by atoms with E-state index in [1.165, 1.54) is 7.05 Å². The van der Waals surface area contributed by atoms with Crippen molar-refractivity contribution in [1.82, 2.24) is 5.32 Å². The molecule has 0 aliphatic rings. The van der Waals surface area contributed by atoms with Gasteiger partial charge in [0.1, 0.15) is 36.6 Å². The maximum absolute atomic E-state index is 12.7. The number of aliphatic hydroxyl groups is 10. The molecular weight excluding hydrogens is 871 g/mol. The summed E-state index contributed by atoms with van der Waals surface area (Å²) >= 11 is 5.03. The molecule has 0 radical (unpaired) electrons. The Morgan fingerprint density at radius 1 is 0.641 bits per heavy atom. The Bertz CT molecular complexity index is 981. The van der Waals surface area contributed by atoms with Crippen molar-refractivity contribution >= 4 is 96.9 Å². The monoisotopic (exact) mass is 899 g/mol. The number of hydrogen-bond acceptors (Lipinski definition) is 13. The molecular formula is C20H28I3N3O13. The van der Waals surface area contributed by atoms with Gasteiger partial charge in [0, 0.05) is 7.05 Å². The molecule has 19 heteroatoms. The molecule has 0 spiro atoms. The van der Waals surface area contributed by atoms with Crippen LogP contribution in [-0.4, -0.2) is 138 Å². The van der Waals surface area contributed by atoms with Crippen LogP contribution in [0.15, 0.2) is 0 Å². The van der Waals surface area contributed by atoms with E-state index in [0.29, 0.717) is 0 Å². The zero-order valence-corrected chi connectivity index (χ0v) is 26.3. The third-order valence-electron chi connectivity index (χ3n) is 5.31. The molecule has 0 bridgehead atoms. The van der Waals surface area contributed by atoms with Crippen LogP contribution in [0, 0.1) is 10.7 Å². The van der Waals surface area contributed by atoms with Gasteiger partial charge in [-0.05, 0) is 67.8 Å². The zero-order chi connectivity index (χ0) is 30.4. The van der Waals surface area contributed by atoms with Gasteiger partial charge in [0.25, 0.3) is 17.7 Å². The van der Waals surface area contributed by atoms with Gasteiger partial charge >= 0.3 is 0 Å². The van der Waals surface area contributed by atoms with Crippen LogP contribution in [0.3, 0.4) is 0 Å². The molecule has 222 valence electrons. The summed E-state index contributed by atoms with van der Waals surface area (Å²) in [6.45, 7) is -1.96. The molecule has 16 nitrogen and oxygen atoms in total. The summed E-state index contributed by atoms with van der Waals surface area (Å²) in [5, 5.41) is 104. The Kier molecular flexibility index (Phi) is 15.1. The highest BCUT2D eigenvalue weighted by Crippen LogP contribution is 2.39. The summed E-state index contributed by atoms with van der Waals surface area (Å²) in [7, 11) is 1.30. The summed E-state index contributed by atoms with van der Waals surface area (Å²) in [6.07, 6.45) is -17.1. The summed E-state index contributed by atoms with van der Waals surface area (Å²) in [4.78, 5) is 38.0. The van der Waals surface area contributed by atoms with Crippen LogP contribution in [-0.2, 0) is 9.59 Å². The van der Waals surface area contributed by atoms with E-state index >= 15 is 0 Å². The fourth-order valence-corrected chi connectivity index (χ4v) is 7.15.